The largest absolute Gasteiger partial charge is 1.00 e. The molecule has 0 aliphatic carbocycles. The second-order valence-electron chi connectivity index (χ2n) is 6.90. The molecule has 0 radical (unpaired) electrons. The fraction of sp³-hybridized carbons (Fsp3) is 0.333. The van der Waals surface area contributed by atoms with Crippen molar-refractivity contribution in [2.75, 3.05) is 46.0 Å². The van der Waals surface area contributed by atoms with E-state index in [1.807, 2.05) is 42.5 Å². The number of ether oxygens (including phenoxy) is 2. The summed E-state index contributed by atoms with van der Waals surface area (Å²) in [6.07, 6.45) is 1.89. The van der Waals surface area contributed by atoms with Gasteiger partial charge in [-0.15, -0.1) is 0 Å². The Morgan fingerprint density at radius 1 is 0.964 bits per heavy atom. The molecule has 0 spiro atoms. The maximum atomic E-state index is 6.17. The lowest BCUT2D eigenvalue weighted by molar-refractivity contribution is -0.923. The van der Waals surface area contributed by atoms with E-state index in [2.05, 4.69) is 42.7 Å². The van der Waals surface area contributed by atoms with Crippen LogP contribution in [0, 0.1) is 11.8 Å². The number of benzene rings is 2. The van der Waals surface area contributed by atoms with Crippen LogP contribution in [0.3, 0.4) is 0 Å². The molecule has 0 bridgehead atoms. The molecular weight excluding hydrogens is 414 g/mol. The average molecular weight is 442 g/mol. The first kappa shape index (κ1) is 22.4. The summed E-state index contributed by atoms with van der Waals surface area (Å²) in [4.78, 5) is 0. The van der Waals surface area contributed by atoms with Gasteiger partial charge in [-0.3, -0.25) is 0 Å². The first-order chi connectivity index (χ1) is 13.3. The van der Waals surface area contributed by atoms with Crippen molar-refractivity contribution in [3.05, 3.63) is 84.4 Å². The van der Waals surface area contributed by atoms with Crippen molar-refractivity contribution < 1.29 is 30.9 Å². The van der Waals surface area contributed by atoms with E-state index >= 15 is 0 Å². The van der Waals surface area contributed by atoms with E-state index in [-0.39, 0.29) is 23.1 Å². The Kier molecular flexibility index (Phi) is 9.46. The first-order valence-electron chi connectivity index (χ1n) is 9.54. The number of morpholine rings is 1. The fourth-order valence-electron chi connectivity index (χ4n) is 3.45. The number of halogens is 1. The van der Waals surface area contributed by atoms with Gasteiger partial charge in [0.05, 0.1) is 19.8 Å². The molecule has 3 nitrogen and oxygen atoms in total. The molecule has 0 N–H and O–H groups in total. The second-order valence-corrected chi connectivity index (χ2v) is 6.90. The highest BCUT2D eigenvalue weighted by atomic mass is 79.9. The van der Waals surface area contributed by atoms with Crippen LogP contribution in [0.5, 0.6) is 0 Å². The summed E-state index contributed by atoms with van der Waals surface area (Å²) < 4.78 is 12.6. The third kappa shape index (κ3) is 6.32. The monoisotopic (exact) mass is 441 g/mol. The lowest BCUT2D eigenvalue weighted by atomic mass is 10.0. The molecule has 1 aliphatic heterocycles. The molecule has 1 heterocycles. The number of nitrogens with zero attached hydrogens (tertiary/aromatic N) is 1. The lowest BCUT2D eigenvalue weighted by Crippen LogP contribution is -3.00. The van der Waals surface area contributed by atoms with E-state index in [1.54, 1.807) is 0 Å². The van der Waals surface area contributed by atoms with Crippen LogP contribution in [0.4, 0.5) is 0 Å². The molecule has 1 saturated heterocycles. The topological polar surface area (TPSA) is 18.5 Å². The molecule has 2 aromatic carbocycles. The van der Waals surface area contributed by atoms with Gasteiger partial charge < -0.3 is 30.9 Å². The summed E-state index contributed by atoms with van der Waals surface area (Å²) in [6, 6.07) is 20.6. The van der Waals surface area contributed by atoms with Gasteiger partial charge in [0.15, 0.2) is 0 Å². The van der Waals surface area contributed by atoms with Crippen LogP contribution in [0.25, 0.3) is 0 Å². The number of hydrogen-bond acceptors (Lipinski definition) is 2. The molecule has 0 saturated carbocycles. The lowest BCUT2D eigenvalue weighted by Gasteiger charge is -2.39. The molecule has 28 heavy (non-hydrogen) atoms. The third-order valence-corrected chi connectivity index (χ3v) is 5.00. The molecule has 1 aliphatic rings. The van der Waals surface area contributed by atoms with Gasteiger partial charge in [-0.25, -0.2) is 0 Å². The number of hydrogen-bond donors (Lipinski definition) is 0. The van der Waals surface area contributed by atoms with Gasteiger partial charge >= 0.3 is 0 Å². The van der Waals surface area contributed by atoms with E-state index < -0.39 is 0 Å². The van der Waals surface area contributed by atoms with Crippen molar-refractivity contribution in [2.24, 2.45) is 0 Å². The maximum absolute atomic E-state index is 6.17. The maximum Gasteiger partial charge on any atom is 0.141 e. The molecule has 0 aromatic heterocycles. The van der Waals surface area contributed by atoms with E-state index in [1.165, 1.54) is 0 Å². The van der Waals surface area contributed by atoms with Gasteiger partial charge in [0.25, 0.3) is 0 Å². The number of rotatable bonds is 7. The predicted molar refractivity (Wildman–Crippen MR) is 109 cm³/mol. The third-order valence-electron chi connectivity index (χ3n) is 5.00. The van der Waals surface area contributed by atoms with Crippen LogP contribution in [0.15, 0.2) is 73.3 Å². The first-order valence-corrected chi connectivity index (χ1v) is 9.54. The summed E-state index contributed by atoms with van der Waals surface area (Å²) in [5.41, 5.74) is 2.29. The Labute approximate surface area is 179 Å². The van der Waals surface area contributed by atoms with Gasteiger partial charge in [0.2, 0.25) is 0 Å². The van der Waals surface area contributed by atoms with Crippen LogP contribution in [0.1, 0.15) is 17.2 Å². The van der Waals surface area contributed by atoms with Crippen molar-refractivity contribution >= 4 is 0 Å². The van der Waals surface area contributed by atoms with Crippen molar-refractivity contribution in [3.8, 4) is 11.8 Å². The highest BCUT2D eigenvalue weighted by Gasteiger charge is 2.27. The minimum Gasteiger partial charge on any atom is -1.00 e. The van der Waals surface area contributed by atoms with Gasteiger partial charge in [0.1, 0.15) is 32.3 Å². The smallest absolute Gasteiger partial charge is 0.141 e. The molecule has 1 fully saturated rings. The van der Waals surface area contributed by atoms with Crippen LogP contribution >= 0.6 is 0 Å². The summed E-state index contributed by atoms with van der Waals surface area (Å²) in [5.74, 6) is 6.56. The van der Waals surface area contributed by atoms with Crippen molar-refractivity contribution in [2.45, 2.75) is 6.10 Å². The molecule has 148 valence electrons. The molecular formula is C24H28BrNO2. The summed E-state index contributed by atoms with van der Waals surface area (Å²) in [7, 11) is 0. The van der Waals surface area contributed by atoms with Gasteiger partial charge in [-0.2, -0.15) is 0 Å². The Bertz CT molecular complexity index is 722. The summed E-state index contributed by atoms with van der Waals surface area (Å²) >= 11 is 0. The van der Waals surface area contributed by atoms with E-state index in [0.29, 0.717) is 6.61 Å². The second kappa shape index (κ2) is 11.8. The fourth-order valence-corrected chi connectivity index (χ4v) is 3.45. The summed E-state index contributed by atoms with van der Waals surface area (Å²) in [6.45, 7) is 9.68. The highest BCUT2D eigenvalue weighted by molar-refractivity contribution is 5.30. The van der Waals surface area contributed by atoms with Gasteiger partial charge in [-0.1, -0.05) is 73.2 Å². The molecule has 0 amide bonds. The van der Waals surface area contributed by atoms with Crippen molar-refractivity contribution in [1.82, 2.24) is 0 Å². The minimum atomic E-state index is -0.0959. The SMILES string of the molecule is C=CC[N+]1(CC#CCOC(c2ccccc2)c2ccccc2)CCOCC1.[Br-]. The minimum absolute atomic E-state index is 0. The normalized spacial score (nSPS) is 15.2. The highest BCUT2D eigenvalue weighted by Crippen LogP contribution is 2.25. The average Bonchev–Trinajstić information content (AvgIpc) is 2.73. The summed E-state index contributed by atoms with van der Waals surface area (Å²) in [5, 5.41) is 0. The Balaban J connectivity index is 0.00000280. The van der Waals surface area contributed by atoms with Crippen molar-refractivity contribution in [3.63, 3.8) is 0 Å². The van der Waals surface area contributed by atoms with Crippen LogP contribution in [-0.4, -0.2) is 50.5 Å². The van der Waals surface area contributed by atoms with Crippen LogP contribution < -0.4 is 17.0 Å². The Morgan fingerprint density at radius 2 is 1.54 bits per heavy atom. The van der Waals surface area contributed by atoms with E-state index in [9.17, 15) is 0 Å². The quantitative estimate of drug-likeness (QED) is 0.360. The zero-order valence-corrected chi connectivity index (χ0v) is 17.8. The molecule has 4 heteroatoms. The predicted octanol–water partition coefficient (Wildman–Crippen LogP) is 0.833. The Morgan fingerprint density at radius 3 is 2.07 bits per heavy atom. The molecule has 2 aromatic rings. The zero-order chi connectivity index (χ0) is 18.8. The van der Waals surface area contributed by atoms with E-state index in [0.717, 1.165) is 55.0 Å². The van der Waals surface area contributed by atoms with Crippen molar-refractivity contribution in [1.29, 1.82) is 0 Å². The van der Waals surface area contributed by atoms with Crippen LogP contribution in [-0.2, 0) is 9.47 Å². The standard InChI is InChI=1S/C24H28NO2.BrH/c1-2-15-25(17-20-26-21-18-25)16-9-10-19-27-24(22-11-5-3-6-12-22)23-13-7-4-8-14-23;/h2-8,11-14,24H,1,15-21H2;1H/q+1;/p-1. The van der Waals surface area contributed by atoms with Gasteiger partial charge in [-0.05, 0) is 23.1 Å². The molecule has 0 unspecified atom stereocenters. The molecule has 3 rings (SSSR count). The molecule has 0 atom stereocenters. The van der Waals surface area contributed by atoms with Crippen LogP contribution in [0.2, 0.25) is 0 Å². The Hall–Kier alpha value is -1.90. The number of quaternary nitrogens is 1. The zero-order valence-electron chi connectivity index (χ0n) is 16.2. The van der Waals surface area contributed by atoms with Gasteiger partial charge in [0, 0.05) is 0 Å². The van der Waals surface area contributed by atoms with E-state index in [4.69, 9.17) is 9.47 Å².